The van der Waals surface area contributed by atoms with E-state index in [1.165, 1.54) is 12.1 Å². The first-order chi connectivity index (χ1) is 8.35. The Morgan fingerprint density at radius 2 is 2.22 bits per heavy atom. The average molecular weight is 352 g/mol. The van der Waals surface area contributed by atoms with E-state index < -0.39 is 15.9 Å². The fraction of sp³-hybridized carbons (Fsp3) is 0.364. The van der Waals surface area contributed by atoms with Gasteiger partial charge in [-0.05, 0) is 35.3 Å². The lowest BCUT2D eigenvalue weighted by molar-refractivity contribution is -0.114. The fourth-order valence-corrected chi connectivity index (χ4v) is 4.13. The van der Waals surface area contributed by atoms with Crippen molar-refractivity contribution in [3.05, 3.63) is 27.6 Å². The molecular weight excluding hydrogens is 338 g/mol. The molecular formula is C11H14BrNO3S2. The molecule has 0 aromatic carbocycles. The summed E-state index contributed by atoms with van der Waals surface area (Å²) in [4.78, 5) is 11.6. The highest BCUT2D eigenvalue weighted by Crippen LogP contribution is 2.23. The third kappa shape index (κ3) is 4.55. The van der Waals surface area contributed by atoms with E-state index >= 15 is 0 Å². The molecule has 0 unspecified atom stereocenters. The van der Waals surface area contributed by atoms with E-state index in [1.54, 1.807) is 12.3 Å². The Balaban J connectivity index is 2.78. The van der Waals surface area contributed by atoms with Crippen molar-refractivity contribution in [2.75, 3.05) is 0 Å². The normalized spacial score (nSPS) is 12.5. The molecule has 7 heteroatoms. The van der Waals surface area contributed by atoms with E-state index in [9.17, 15) is 13.2 Å². The molecule has 1 aromatic rings. The molecule has 1 heterocycles. The topological polar surface area (TPSA) is 63.2 Å². The van der Waals surface area contributed by atoms with Gasteiger partial charge in [-0.15, -0.1) is 11.3 Å². The van der Waals surface area contributed by atoms with Crippen LogP contribution in [0.5, 0.6) is 0 Å². The number of halogens is 1. The number of carbonyl (C=O) groups excluding carboxylic acids is 1. The van der Waals surface area contributed by atoms with Crippen molar-refractivity contribution < 1.29 is 13.2 Å². The van der Waals surface area contributed by atoms with E-state index in [0.717, 1.165) is 29.8 Å². The van der Waals surface area contributed by atoms with Crippen LogP contribution in [0.15, 0.2) is 31.8 Å². The maximum Gasteiger partial charge on any atom is 0.273 e. The van der Waals surface area contributed by atoms with Crippen LogP contribution in [-0.4, -0.2) is 14.3 Å². The Kier molecular flexibility index (Phi) is 5.55. The molecule has 18 heavy (non-hydrogen) atoms. The Morgan fingerprint density at radius 1 is 1.56 bits per heavy atom. The van der Waals surface area contributed by atoms with Gasteiger partial charge in [0.15, 0.2) is 0 Å². The number of rotatable bonds is 5. The first-order valence-electron chi connectivity index (χ1n) is 5.33. The second-order valence-corrected chi connectivity index (χ2v) is 7.53. The zero-order valence-corrected chi connectivity index (χ0v) is 13.3. The first-order valence-corrected chi connectivity index (χ1v) is 8.48. The number of hydrogen-bond donors (Lipinski definition) is 1. The minimum absolute atomic E-state index is 0.115. The van der Waals surface area contributed by atoms with Gasteiger partial charge in [-0.2, -0.15) is 0 Å². The van der Waals surface area contributed by atoms with Crippen LogP contribution < -0.4 is 4.72 Å². The van der Waals surface area contributed by atoms with Crippen LogP contribution in [0.1, 0.15) is 26.7 Å². The lowest BCUT2D eigenvalue weighted by Gasteiger charge is -2.03. The summed E-state index contributed by atoms with van der Waals surface area (Å²) in [6.45, 7) is 3.80. The maximum atomic E-state index is 11.8. The largest absolute Gasteiger partial charge is 0.273 e. The zero-order valence-electron chi connectivity index (χ0n) is 10.1. The van der Waals surface area contributed by atoms with Crippen molar-refractivity contribution in [2.45, 2.75) is 30.9 Å². The number of nitrogens with one attached hydrogen (secondary N) is 1. The molecule has 0 aliphatic carbocycles. The lowest BCUT2D eigenvalue weighted by atomic mass is 10.2. The van der Waals surface area contributed by atoms with E-state index in [-0.39, 0.29) is 4.21 Å². The van der Waals surface area contributed by atoms with Gasteiger partial charge in [0.2, 0.25) is 0 Å². The van der Waals surface area contributed by atoms with Crippen molar-refractivity contribution in [1.29, 1.82) is 0 Å². The van der Waals surface area contributed by atoms with Gasteiger partial charge in [0, 0.05) is 15.9 Å². The summed E-state index contributed by atoms with van der Waals surface area (Å²) >= 11 is 4.23. The van der Waals surface area contributed by atoms with Gasteiger partial charge < -0.3 is 0 Å². The number of sulfonamides is 1. The summed E-state index contributed by atoms with van der Waals surface area (Å²) < 4.78 is 26.5. The highest BCUT2D eigenvalue weighted by Gasteiger charge is 2.18. The van der Waals surface area contributed by atoms with Crippen LogP contribution in [0.2, 0.25) is 0 Å². The Morgan fingerprint density at radius 3 is 2.72 bits per heavy atom. The molecule has 0 aliphatic heterocycles. The Bertz CT molecular complexity index is 561. The monoisotopic (exact) mass is 351 g/mol. The summed E-state index contributed by atoms with van der Waals surface area (Å²) in [5.41, 5.74) is 0.859. The minimum atomic E-state index is -3.75. The molecule has 1 N–H and O–H groups in total. The van der Waals surface area contributed by atoms with Crippen molar-refractivity contribution in [3.8, 4) is 0 Å². The number of hydrogen-bond acceptors (Lipinski definition) is 4. The summed E-state index contributed by atoms with van der Waals surface area (Å²) in [5.74, 6) is -0.606. The van der Waals surface area contributed by atoms with Crippen LogP contribution in [0.4, 0.5) is 0 Å². The molecule has 0 saturated carbocycles. The molecule has 0 saturated heterocycles. The highest BCUT2D eigenvalue weighted by atomic mass is 79.9. The van der Waals surface area contributed by atoms with Gasteiger partial charge in [-0.3, -0.25) is 4.79 Å². The standard InChI is InChI=1S/C11H14BrNO3S2/c1-3-4-8(2)5-10(14)13-18(15,16)11-6-9(12)7-17-11/h5-7H,3-4H2,1-2H3,(H,13,14)/b8-5+. The fourth-order valence-electron chi connectivity index (χ4n) is 1.34. The van der Waals surface area contributed by atoms with Crippen LogP contribution >= 0.6 is 27.3 Å². The van der Waals surface area contributed by atoms with E-state index in [0.29, 0.717) is 4.47 Å². The van der Waals surface area contributed by atoms with Crippen molar-refractivity contribution in [1.82, 2.24) is 4.72 Å². The van der Waals surface area contributed by atoms with Gasteiger partial charge >= 0.3 is 0 Å². The first kappa shape index (κ1) is 15.4. The molecule has 0 atom stereocenters. The molecule has 0 fully saturated rings. The number of allylic oxidation sites excluding steroid dienone is 1. The second-order valence-electron chi connectivity index (χ2n) is 3.79. The van der Waals surface area contributed by atoms with Crippen molar-refractivity contribution >= 4 is 43.2 Å². The van der Waals surface area contributed by atoms with Gasteiger partial charge in [-0.25, -0.2) is 13.1 Å². The van der Waals surface area contributed by atoms with Crippen LogP contribution in [0.25, 0.3) is 0 Å². The third-order valence-electron chi connectivity index (χ3n) is 2.07. The molecule has 0 bridgehead atoms. The molecule has 1 amide bonds. The SMILES string of the molecule is CCC/C(C)=C/C(=O)NS(=O)(=O)c1cc(Br)cs1. The van der Waals surface area contributed by atoms with Crippen molar-refractivity contribution in [2.24, 2.45) is 0 Å². The van der Waals surface area contributed by atoms with Gasteiger partial charge in [0.25, 0.3) is 15.9 Å². The Hall–Kier alpha value is -0.660. The predicted molar refractivity (Wildman–Crippen MR) is 76.0 cm³/mol. The quantitative estimate of drug-likeness (QED) is 0.829. The summed E-state index contributed by atoms with van der Waals surface area (Å²) in [7, 11) is -3.75. The van der Waals surface area contributed by atoms with Crippen LogP contribution in [0.3, 0.4) is 0 Å². The van der Waals surface area contributed by atoms with E-state index in [4.69, 9.17) is 0 Å². The van der Waals surface area contributed by atoms with Crippen LogP contribution in [0, 0.1) is 0 Å². The van der Waals surface area contributed by atoms with Gasteiger partial charge in [0.05, 0.1) is 0 Å². The number of thiophene rings is 1. The van der Waals surface area contributed by atoms with E-state index in [1.807, 2.05) is 11.6 Å². The number of amides is 1. The molecule has 100 valence electrons. The third-order valence-corrected chi connectivity index (χ3v) is 5.61. The molecule has 4 nitrogen and oxygen atoms in total. The zero-order chi connectivity index (χ0) is 13.8. The number of carbonyl (C=O) groups is 1. The second kappa shape index (κ2) is 6.49. The predicted octanol–water partition coefficient (Wildman–Crippen LogP) is 3.06. The highest BCUT2D eigenvalue weighted by molar-refractivity contribution is 9.10. The molecule has 0 aliphatic rings. The average Bonchev–Trinajstić information content (AvgIpc) is 2.64. The smallest absolute Gasteiger partial charge is 0.269 e. The van der Waals surface area contributed by atoms with Crippen molar-refractivity contribution in [3.63, 3.8) is 0 Å². The van der Waals surface area contributed by atoms with Gasteiger partial charge in [0.1, 0.15) is 4.21 Å². The van der Waals surface area contributed by atoms with E-state index in [2.05, 4.69) is 15.9 Å². The summed E-state index contributed by atoms with van der Waals surface area (Å²) in [5, 5.41) is 1.65. The Labute approximate surface area is 119 Å². The molecule has 0 radical (unpaired) electrons. The lowest BCUT2D eigenvalue weighted by Crippen LogP contribution is -2.28. The molecule has 0 spiro atoms. The summed E-state index contributed by atoms with van der Waals surface area (Å²) in [6.07, 6.45) is 3.02. The molecule has 1 rings (SSSR count). The summed E-state index contributed by atoms with van der Waals surface area (Å²) in [6, 6.07) is 1.46. The maximum absolute atomic E-state index is 11.8. The van der Waals surface area contributed by atoms with Crippen LogP contribution in [-0.2, 0) is 14.8 Å². The minimum Gasteiger partial charge on any atom is -0.269 e. The molecule has 1 aromatic heterocycles. The van der Waals surface area contributed by atoms with Gasteiger partial charge in [-0.1, -0.05) is 18.9 Å².